The molecule has 96 valence electrons. The molecule has 0 radical (unpaired) electrons. The lowest BCUT2D eigenvalue weighted by atomic mass is 9.82. The first-order valence-corrected chi connectivity index (χ1v) is 6.56. The average Bonchev–Trinajstić information content (AvgIpc) is 2.39. The number of aromatic nitrogens is 1. The lowest BCUT2D eigenvalue weighted by Crippen LogP contribution is -2.55. The highest BCUT2D eigenvalue weighted by molar-refractivity contribution is 5.83. The Bertz CT molecular complexity index is 409. The molecule has 1 N–H and O–H groups in total. The smallest absolute Gasteiger partial charge is 0.140 e. The summed E-state index contributed by atoms with van der Waals surface area (Å²) < 4.78 is 5.50. The van der Waals surface area contributed by atoms with Crippen molar-refractivity contribution in [3.05, 3.63) is 30.1 Å². The fraction of sp³-hybridized carbons (Fsp3) is 0.571. The summed E-state index contributed by atoms with van der Waals surface area (Å²) in [6.07, 6.45) is 5.86. The molecule has 1 aromatic heterocycles. The van der Waals surface area contributed by atoms with E-state index in [0.29, 0.717) is 24.3 Å². The number of fused-ring (bicyclic) bond motifs is 2. The molecule has 3 rings (SSSR count). The number of nitrogens with one attached hydrogen (secondary N) is 1. The number of ether oxygens (including phenoxy) is 1. The minimum atomic E-state index is 0.193. The molecule has 0 saturated carbocycles. The van der Waals surface area contributed by atoms with Crippen LogP contribution in [0, 0.1) is 5.92 Å². The predicted molar refractivity (Wildman–Crippen MR) is 67.2 cm³/mol. The van der Waals surface area contributed by atoms with Crippen LogP contribution in [0.5, 0.6) is 0 Å². The second kappa shape index (κ2) is 5.16. The van der Waals surface area contributed by atoms with E-state index in [9.17, 15) is 4.79 Å². The molecule has 18 heavy (non-hydrogen) atoms. The van der Waals surface area contributed by atoms with Crippen LogP contribution in [0.15, 0.2) is 24.5 Å². The van der Waals surface area contributed by atoms with Crippen molar-refractivity contribution in [2.45, 2.75) is 31.3 Å². The molecule has 2 unspecified atom stereocenters. The Balaban J connectivity index is 1.63. The van der Waals surface area contributed by atoms with E-state index in [1.165, 1.54) is 0 Å². The second-order valence-electron chi connectivity index (χ2n) is 5.26. The number of Topliss-reactive ketones (excluding diaryl/α,β-unsaturated/α-hetero) is 1. The van der Waals surface area contributed by atoms with Gasteiger partial charge in [-0.2, -0.15) is 0 Å². The van der Waals surface area contributed by atoms with Gasteiger partial charge in [-0.3, -0.25) is 9.78 Å². The van der Waals surface area contributed by atoms with Gasteiger partial charge < -0.3 is 10.1 Å². The predicted octanol–water partition coefficient (Wildman–Crippen LogP) is 0.960. The van der Waals surface area contributed by atoms with Crippen molar-refractivity contribution >= 4 is 5.78 Å². The zero-order chi connectivity index (χ0) is 12.4. The Hall–Kier alpha value is -1.26. The minimum Gasteiger partial charge on any atom is -0.378 e. The lowest BCUT2D eigenvalue weighted by Gasteiger charge is -2.39. The molecule has 4 nitrogen and oxygen atoms in total. The molecule has 2 bridgehead atoms. The van der Waals surface area contributed by atoms with Crippen LogP contribution in [0.2, 0.25) is 0 Å². The number of ketones is 1. The van der Waals surface area contributed by atoms with Crippen LogP contribution in [0.4, 0.5) is 0 Å². The van der Waals surface area contributed by atoms with Crippen molar-refractivity contribution in [1.29, 1.82) is 0 Å². The molecule has 0 amide bonds. The van der Waals surface area contributed by atoms with E-state index in [1.54, 1.807) is 12.4 Å². The third-order valence-electron chi connectivity index (χ3n) is 3.83. The van der Waals surface area contributed by atoms with Gasteiger partial charge in [0.05, 0.1) is 13.2 Å². The topological polar surface area (TPSA) is 51.2 Å². The molecule has 2 saturated heterocycles. The van der Waals surface area contributed by atoms with Crippen molar-refractivity contribution < 1.29 is 9.53 Å². The average molecular weight is 246 g/mol. The van der Waals surface area contributed by atoms with Gasteiger partial charge in [-0.15, -0.1) is 0 Å². The summed E-state index contributed by atoms with van der Waals surface area (Å²) >= 11 is 0. The van der Waals surface area contributed by atoms with Gasteiger partial charge in [-0.05, 0) is 30.5 Å². The molecule has 2 fully saturated rings. The number of carbonyl (C=O) groups excluding carboxylic acids is 1. The van der Waals surface area contributed by atoms with Crippen LogP contribution in [-0.4, -0.2) is 36.1 Å². The normalized spacial score (nSPS) is 31.0. The highest BCUT2D eigenvalue weighted by Gasteiger charge is 2.34. The van der Waals surface area contributed by atoms with Gasteiger partial charge in [0, 0.05) is 36.8 Å². The van der Waals surface area contributed by atoms with Crippen LogP contribution in [0.1, 0.15) is 18.4 Å². The first kappa shape index (κ1) is 11.8. The first-order valence-electron chi connectivity index (χ1n) is 6.56. The summed E-state index contributed by atoms with van der Waals surface area (Å²) in [6, 6.07) is 4.57. The van der Waals surface area contributed by atoms with E-state index in [1.807, 2.05) is 12.1 Å². The molecule has 1 aromatic rings. The Morgan fingerprint density at radius 2 is 1.94 bits per heavy atom. The van der Waals surface area contributed by atoms with Gasteiger partial charge in [0.15, 0.2) is 0 Å². The number of piperidine rings is 1. The maximum Gasteiger partial charge on any atom is 0.140 e. The summed E-state index contributed by atoms with van der Waals surface area (Å²) in [7, 11) is 0. The molecule has 3 heterocycles. The van der Waals surface area contributed by atoms with E-state index in [4.69, 9.17) is 4.74 Å². The minimum absolute atomic E-state index is 0.193. The molecule has 2 atom stereocenters. The first-order chi connectivity index (χ1) is 8.81. The van der Waals surface area contributed by atoms with Crippen molar-refractivity contribution in [1.82, 2.24) is 10.3 Å². The van der Waals surface area contributed by atoms with Crippen LogP contribution >= 0.6 is 0 Å². The summed E-state index contributed by atoms with van der Waals surface area (Å²) in [6.45, 7) is 1.49. The van der Waals surface area contributed by atoms with E-state index in [2.05, 4.69) is 10.3 Å². The Kier molecular flexibility index (Phi) is 3.39. The van der Waals surface area contributed by atoms with Gasteiger partial charge in [-0.25, -0.2) is 0 Å². The number of morpholine rings is 1. The monoisotopic (exact) mass is 246 g/mol. The van der Waals surface area contributed by atoms with E-state index >= 15 is 0 Å². The SMILES string of the molecule is O=C(Cc1ccncc1)C1CC2COCC(C1)N2. The molecule has 2 aliphatic heterocycles. The Morgan fingerprint density at radius 3 is 2.61 bits per heavy atom. The highest BCUT2D eigenvalue weighted by atomic mass is 16.5. The molecular formula is C14H18N2O2. The fourth-order valence-corrected chi connectivity index (χ4v) is 2.95. The second-order valence-corrected chi connectivity index (χ2v) is 5.26. The van der Waals surface area contributed by atoms with Gasteiger partial charge in [0.1, 0.15) is 5.78 Å². The maximum absolute atomic E-state index is 12.3. The largest absolute Gasteiger partial charge is 0.378 e. The molecule has 4 heteroatoms. The number of hydrogen-bond donors (Lipinski definition) is 1. The summed E-state index contributed by atoms with van der Waals surface area (Å²) in [5, 5.41) is 3.51. The van der Waals surface area contributed by atoms with Gasteiger partial charge in [-0.1, -0.05) is 0 Å². The Morgan fingerprint density at radius 1 is 1.28 bits per heavy atom. The number of rotatable bonds is 3. The van der Waals surface area contributed by atoms with Crippen molar-refractivity contribution in [2.75, 3.05) is 13.2 Å². The third kappa shape index (κ3) is 2.60. The number of nitrogens with zero attached hydrogens (tertiary/aromatic N) is 1. The van der Waals surface area contributed by atoms with Crippen molar-refractivity contribution in [2.24, 2.45) is 5.92 Å². The number of hydrogen-bond acceptors (Lipinski definition) is 4. The van der Waals surface area contributed by atoms with Crippen LogP contribution in [0.3, 0.4) is 0 Å². The highest BCUT2D eigenvalue weighted by Crippen LogP contribution is 2.25. The number of pyridine rings is 1. The lowest BCUT2D eigenvalue weighted by molar-refractivity contribution is -0.125. The van der Waals surface area contributed by atoms with Gasteiger partial charge in [0.2, 0.25) is 0 Å². The van der Waals surface area contributed by atoms with E-state index < -0.39 is 0 Å². The summed E-state index contributed by atoms with van der Waals surface area (Å²) in [5.41, 5.74) is 1.06. The molecular weight excluding hydrogens is 228 g/mol. The molecule has 0 aromatic carbocycles. The van der Waals surface area contributed by atoms with E-state index in [0.717, 1.165) is 31.6 Å². The maximum atomic E-state index is 12.3. The van der Waals surface area contributed by atoms with Crippen LogP contribution in [-0.2, 0) is 16.0 Å². The van der Waals surface area contributed by atoms with Crippen molar-refractivity contribution in [3.8, 4) is 0 Å². The van der Waals surface area contributed by atoms with Crippen molar-refractivity contribution in [3.63, 3.8) is 0 Å². The quantitative estimate of drug-likeness (QED) is 0.863. The molecule has 0 spiro atoms. The van der Waals surface area contributed by atoms with E-state index in [-0.39, 0.29) is 5.92 Å². The molecule has 0 aliphatic carbocycles. The Labute approximate surface area is 107 Å². The zero-order valence-electron chi connectivity index (χ0n) is 10.3. The summed E-state index contributed by atoms with van der Waals surface area (Å²) in [5.74, 6) is 0.554. The van der Waals surface area contributed by atoms with Gasteiger partial charge >= 0.3 is 0 Å². The zero-order valence-corrected chi connectivity index (χ0v) is 10.3. The van der Waals surface area contributed by atoms with Crippen LogP contribution in [0.25, 0.3) is 0 Å². The molecule has 2 aliphatic rings. The third-order valence-corrected chi connectivity index (χ3v) is 3.83. The standard InChI is InChI=1S/C14H18N2O2/c17-14(5-10-1-3-15-4-2-10)11-6-12-8-18-9-13(7-11)16-12/h1-4,11-13,16H,5-9H2. The van der Waals surface area contributed by atoms with Crippen LogP contribution < -0.4 is 5.32 Å². The fourth-order valence-electron chi connectivity index (χ4n) is 2.95. The van der Waals surface area contributed by atoms with Gasteiger partial charge in [0.25, 0.3) is 0 Å². The number of carbonyl (C=O) groups is 1. The summed E-state index contributed by atoms with van der Waals surface area (Å²) in [4.78, 5) is 16.3.